The first kappa shape index (κ1) is 19.3. The van der Waals surface area contributed by atoms with Gasteiger partial charge in [-0.2, -0.15) is 0 Å². The third-order valence-corrected chi connectivity index (χ3v) is 3.71. The van der Waals surface area contributed by atoms with Gasteiger partial charge in [0.1, 0.15) is 5.75 Å². The molecule has 0 aromatic heterocycles. The minimum atomic E-state index is -0.539. The van der Waals surface area contributed by atoms with Crippen LogP contribution in [0.3, 0.4) is 0 Å². The maximum absolute atomic E-state index is 12.0. The highest BCUT2D eigenvalue weighted by molar-refractivity contribution is 6.34. The van der Waals surface area contributed by atoms with Crippen LogP contribution in [0.15, 0.2) is 42.5 Å². The minimum absolute atomic E-state index is 0.226. The van der Waals surface area contributed by atoms with E-state index in [1.165, 1.54) is 23.1 Å². The number of nitrogens with one attached hydrogen (secondary N) is 1. The molecule has 8 heteroatoms. The SMILES string of the molecule is CN(C)C(=O)c1ccc(NC(=O)COc2ccc(C(N)=O)cc2)cc1Cl. The third-order valence-electron chi connectivity index (χ3n) is 3.40. The molecule has 0 atom stereocenters. The van der Waals surface area contributed by atoms with Crippen LogP contribution in [0.4, 0.5) is 5.69 Å². The first-order valence-corrected chi connectivity index (χ1v) is 7.99. The molecule has 0 aliphatic rings. The zero-order chi connectivity index (χ0) is 19.3. The fourth-order valence-corrected chi connectivity index (χ4v) is 2.33. The molecule has 0 heterocycles. The van der Waals surface area contributed by atoms with E-state index >= 15 is 0 Å². The van der Waals surface area contributed by atoms with E-state index in [4.69, 9.17) is 22.1 Å². The smallest absolute Gasteiger partial charge is 0.262 e. The maximum atomic E-state index is 12.0. The Kier molecular flexibility index (Phi) is 6.19. The quantitative estimate of drug-likeness (QED) is 0.807. The number of hydrogen-bond acceptors (Lipinski definition) is 4. The van der Waals surface area contributed by atoms with Gasteiger partial charge in [0.05, 0.1) is 10.6 Å². The molecule has 0 radical (unpaired) electrons. The fraction of sp³-hybridized carbons (Fsp3) is 0.167. The van der Waals surface area contributed by atoms with Crippen molar-refractivity contribution in [1.29, 1.82) is 0 Å². The molecule has 0 bridgehead atoms. The van der Waals surface area contributed by atoms with E-state index in [9.17, 15) is 14.4 Å². The van der Waals surface area contributed by atoms with Gasteiger partial charge in [0.2, 0.25) is 5.91 Å². The molecule has 26 heavy (non-hydrogen) atoms. The van der Waals surface area contributed by atoms with Crippen molar-refractivity contribution in [3.05, 3.63) is 58.6 Å². The van der Waals surface area contributed by atoms with Gasteiger partial charge in [-0.25, -0.2) is 0 Å². The average molecular weight is 376 g/mol. The number of ether oxygens (including phenoxy) is 1. The van der Waals surface area contributed by atoms with E-state index in [-0.39, 0.29) is 17.5 Å². The zero-order valence-electron chi connectivity index (χ0n) is 14.3. The molecule has 3 N–H and O–H groups in total. The molecular weight excluding hydrogens is 358 g/mol. The predicted octanol–water partition coefficient (Wildman–Crippen LogP) is 2.16. The summed E-state index contributed by atoms with van der Waals surface area (Å²) in [5, 5.41) is 2.87. The van der Waals surface area contributed by atoms with Gasteiger partial charge >= 0.3 is 0 Å². The van der Waals surface area contributed by atoms with Gasteiger partial charge in [0, 0.05) is 25.3 Å². The summed E-state index contributed by atoms with van der Waals surface area (Å²) < 4.78 is 5.34. The van der Waals surface area contributed by atoms with E-state index in [2.05, 4.69) is 5.32 Å². The number of carbonyl (C=O) groups is 3. The lowest BCUT2D eigenvalue weighted by atomic mass is 10.2. The van der Waals surface area contributed by atoms with Crippen molar-refractivity contribution < 1.29 is 19.1 Å². The first-order chi connectivity index (χ1) is 12.3. The summed E-state index contributed by atoms with van der Waals surface area (Å²) in [4.78, 5) is 36.3. The van der Waals surface area contributed by atoms with Gasteiger partial charge in [0.15, 0.2) is 6.61 Å². The Morgan fingerprint density at radius 3 is 2.31 bits per heavy atom. The van der Waals surface area contributed by atoms with Crippen molar-refractivity contribution in [3.8, 4) is 5.75 Å². The molecule has 136 valence electrons. The number of carbonyl (C=O) groups excluding carboxylic acids is 3. The molecule has 2 aromatic rings. The largest absolute Gasteiger partial charge is 0.484 e. The van der Waals surface area contributed by atoms with Crippen LogP contribution >= 0.6 is 11.6 Å². The monoisotopic (exact) mass is 375 g/mol. The van der Waals surface area contributed by atoms with Gasteiger partial charge in [-0.05, 0) is 42.5 Å². The number of anilines is 1. The van der Waals surface area contributed by atoms with Crippen LogP contribution in [0.25, 0.3) is 0 Å². The highest BCUT2D eigenvalue weighted by Gasteiger charge is 2.13. The Balaban J connectivity index is 1.94. The van der Waals surface area contributed by atoms with Gasteiger partial charge in [-0.3, -0.25) is 14.4 Å². The van der Waals surface area contributed by atoms with Crippen molar-refractivity contribution in [2.75, 3.05) is 26.0 Å². The molecule has 0 fully saturated rings. The van der Waals surface area contributed by atoms with Gasteiger partial charge in [0.25, 0.3) is 11.8 Å². The molecule has 0 unspecified atom stereocenters. The molecule has 3 amide bonds. The number of primary amides is 1. The van der Waals surface area contributed by atoms with Crippen LogP contribution in [0, 0.1) is 0 Å². The zero-order valence-corrected chi connectivity index (χ0v) is 15.0. The van der Waals surface area contributed by atoms with E-state index in [0.717, 1.165) is 0 Å². The lowest BCUT2D eigenvalue weighted by molar-refractivity contribution is -0.118. The third kappa shape index (κ3) is 4.97. The molecule has 0 saturated carbocycles. The van der Waals surface area contributed by atoms with Crippen molar-refractivity contribution >= 4 is 35.0 Å². The molecule has 2 rings (SSSR count). The van der Waals surface area contributed by atoms with Crippen molar-refractivity contribution in [2.24, 2.45) is 5.73 Å². The fourth-order valence-electron chi connectivity index (χ4n) is 2.07. The summed E-state index contributed by atoms with van der Waals surface area (Å²) in [7, 11) is 3.25. The summed E-state index contributed by atoms with van der Waals surface area (Å²) >= 11 is 6.10. The van der Waals surface area contributed by atoms with Gasteiger partial charge in [-0.15, -0.1) is 0 Å². The number of hydrogen-bond donors (Lipinski definition) is 2. The number of halogens is 1. The Labute approximate surface area is 155 Å². The Morgan fingerprint density at radius 2 is 1.77 bits per heavy atom. The molecule has 0 spiro atoms. The second-order valence-electron chi connectivity index (χ2n) is 5.62. The molecular formula is C18H18ClN3O4. The van der Waals surface area contributed by atoms with Gasteiger partial charge in [-0.1, -0.05) is 11.6 Å². The van der Waals surface area contributed by atoms with Crippen LogP contribution in [-0.2, 0) is 4.79 Å². The average Bonchev–Trinajstić information content (AvgIpc) is 2.60. The number of amides is 3. The summed E-state index contributed by atoms with van der Waals surface area (Å²) in [6.45, 7) is -0.230. The van der Waals surface area contributed by atoms with Crippen LogP contribution in [-0.4, -0.2) is 43.3 Å². The van der Waals surface area contributed by atoms with Gasteiger partial charge < -0.3 is 20.7 Å². The number of benzene rings is 2. The topological polar surface area (TPSA) is 102 Å². The van der Waals surface area contributed by atoms with Crippen LogP contribution in [0.1, 0.15) is 20.7 Å². The Bertz CT molecular complexity index is 835. The van der Waals surface area contributed by atoms with Crippen LogP contribution in [0.2, 0.25) is 5.02 Å². The van der Waals surface area contributed by atoms with Crippen LogP contribution < -0.4 is 15.8 Å². The van der Waals surface area contributed by atoms with Crippen molar-refractivity contribution in [2.45, 2.75) is 0 Å². The number of nitrogens with two attached hydrogens (primary N) is 1. The number of nitrogens with zero attached hydrogens (tertiary/aromatic N) is 1. The second kappa shape index (κ2) is 8.35. The molecule has 0 aliphatic heterocycles. The molecule has 7 nitrogen and oxygen atoms in total. The predicted molar refractivity (Wildman–Crippen MR) is 98.6 cm³/mol. The highest BCUT2D eigenvalue weighted by atomic mass is 35.5. The van der Waals surface area contributed by atoms with Crippen molar-refractivity contribution in [1.82, 2.24) is 4.90 Å². The molecule has 0 saturated heterocycles. The summed E-state index contributed by atoms with van der Waals surface area (Å²) in [6.07, 6.45) is 0. The Hall–Kier alpha value is -3.06. The maximum Gasteiger partial charge on any atom is 0.262 e. The summed E-state index contributed by atoms with van der Waals surface area (Å²) in [6, 6.07) is 10.7. The van der Waals surface area contributed by atoms with E-state index in [0.29, 0.717) is 22.6 Å². The standard InChI is InChI=1S/C18H18ClN3O4/c1-22(2)18(25)14-8-5-12(9-15(14)19)21-16(23)10-26-13-6-3-11(4-7-13)17(20)24/h3-9H,10H2,1-2H3,(H2,20,24)(H,21,23). The first-order valence-electron chi connectivity index (χ1n) is 7.61. The lowest BCUT2D eigenvalue weighted by Gasteiger charge is -2.13. The van der Waals surface area contributed by atoms with Crippen LogP contribution in [0.5, 0.6) is 5.75 Å². The van der Waals surface area contributed by atoms with Crippen molar-refractivity contribution in [3.63, 3.8) is 0 Å². The summed E-state index contributed by atoms with van der Waals surface area (Å²) in [5.74, 6) is -0.736. The summed E-state index contributed by atoms with van der Waals surface area (Å²) in [5.41, 5.74) is 6.30. The van der Waals surface area contributed by atoms with E-state index in [1.54, 1.807) is 38.4 Å². The highest BCUT2D eigenvalue weighted by Crippen LogP contribution is 2.22. The minimum Gasteiger partial charge on any atom is -0.484 e. The molecule has 0 aliphatic carbocycles. The van der Waals surface area contributed by atoms with E-state index < -0.39 is 11.8 Å². The second-order valence-corrected chi connectivity index (χ2v) is 6.03. The molecule has 2 aromatic carbocycles. The lowest BCUT2D eigenvalue weighted by Crippen LogP contribution is -2.22. The normalized spacial score (nSPS) is 10.1. The Morgan fingerprint density at radius 1 is 1.12 bits per heavy atom. The van der Waals surface area contributed by atoms with E-state index in [1.807, 2.05) is 0 Å². The number of rotatable bonds is 6.